The minimum atomic E-state index is 0.0956. The Morgan fingerprint density at radius 1 is 0.893 bits per heavy atom. The van der Waals surface area contributed by atoms with Gasteiger partial charge in [0.2, 0.25) is 11.8 Å². The van der Waals surface area contributed by atoms with Crippen molar-refractivity contribution in [1.82, 2.24) is 9.80 Å². The van der Waals surface area contributed by atoms with Crippen LogP contribution in [0.5, 0.6) is 0 Å². The zero-order valence-electron chi connectivity index (χ0n) is 17.8. The summed E-state index contributed by atoms with van der Waals surface area (Å²) >= 11 is 0. The number of rotatable bonds is 3. The number of fused-ring (bicyclic) bond motifs is 2. The van der Waals surface area contributed by atoms with Crippen molar-refractivity contribution in [3.8, 4) is 0 Å². The van der Waals surface area contributed by atoms with Gasteiger partial charge in [0.05, 0.1) is 18.2 Å². The van der Waals surface area contributed by atoms with Gasteiger partial charge in [-0.1, -0.05) is 38.5 Å². The van der Waals surface area contributed by atoms with Gasteiger partial charge in [-0.25, -0.2) is 0 Å². The van der Waals surface area contributed by atoms with Crippen LogP contribution < -0.4 is 0 Å². The summed E-state index contributed by atoms with van der Waals surface area (Å²) in [5, 5.41) is 0. The minimum Gasteiger partial charge on any atom is -0.368 e. The third-order valence-corrected chi connectivity index (χ3v) is 8.00. The molecule has 1 heterocycles. The van der Waals surface area contributed by atoms with E-state index in [9.17, 15) is 9.59 Å². The van der Waals surface area contributed by atoms with Crippen molar-refractivity contribution >= 4 is 11.8 Å². The monoisotopic (exact) mass is 390 g/mol. The Morgan fingerprint density at radius 2 is 1.57 bits per heavy atom. The van der Waals surface area contributed by atoms with Crippen LogP contribution in [0.4, 0.5) is 0 Å². The highest BCUT2D eigenvalue weighted by Gasteiger charge is 2.44. The van der Waals surface area contributed by atoms with E-state index in [1.165, 1.54) is 38.5 Å². The van der Waals surface area contributed by atoms with E-state index < -0.39 is 0 Å². The quantitative estimate of drug-likeness (QED) is 0.737. The summed E-state index contributed by atoms with van der Waals surface area (Å²) in [6.07, 6.45) is 13.7. The molecule has 158 valence electrons. The SMILES string of the molecule is CC(=O)N1C2CCCCC2N(C(=O)COC2CCCC3CCCCC32)C[C@@H]1C. The molecule has 28 heavy (non-hydrogen) atoms. The average Bonchev–Trinajstić information content (AvgIpc) is 2.71. The summed E-state index contributed by atoms with van der Waals surface area (Å²) in [7, 11) is 0. The lowest BCUT2D eigenvalue weighted by Gasteiger charge is -2.52. The molecular weight excluding hydrogens is 352 g/mol. The summed E-state index contributed by atoms with van der Waals surface area (Å²) < 4.78 is 6.28. The van der Waals surface area contributed by atoms with Gasteiger partial charge < -0.3 is 14.5 Å². The summed E-state index contributed by atoms with van der Waals surface area (Å²) in [6, 6.07) is 0.466. The van der Waals surface area contributed by atoms with Gasteiger partial charge in [-0.05, 0) is 50.9 Å². The molecule has 0 aromatic carbocycles. The lowest BCUT2D eigenvalue weighted by molar-refractivity contribution is -0.158. The number of piperazine rings is 1. The van der Waals surface area contributed by atoms with Gasteiger partial charge in [-0.3, -0.25) is 9.59 Å². The molecule has 0 aromatic heterocycles. The molecule has 0 radical (unpaired) electrons. The Labute approximate surface area is 170 Å². The molecule has 1 aliphatic heterocycles. The second-order valence-corrected chi connectivity index (χ2v) is 9.73. The molecule has 4 fully saturated rings. The molecule has 5 heteroatoms. The van der Waals surface area contributed by atoms with Crippen molar-refractivity contribution in [3.05, 3.63) is 0 Å². The number of nitrogens with zero attached hydrogens (tertiary/aromatic N) is 2. The summed E-state index contributed by atoms with van der Waals surface area (Å²) in [6.45, 7) is 4.64. The van der Waals surface area contributed by atoms with Crippen LogP contribution in [0.3, 0.4) is 0 Å². The van der Waals surface area contributed by atoms with Crippen LogP contribution in [0.1, 0.15) is 84.5 Å². The maximum absolute atomic E-state index is 13.2. The van der Waals surface area contributed by atoms with E-state index in [4.69, 9.17) is 4.74 Å². The Kier molecular flexibility index (Phi) is 6.29. The molecule has 5 unspecified atom stereocenters. The van der Waals surface area contributed by atoms with E-state index in [2.05, 4.69) is 11.8 Å². The molecule has 0 spiro atoms. The number of hydrogen-bond donors (Lipinski definition) is 0. The number of carbonyl (C=O) groups is 2. The number of hydrogen-bond acceptors (Lipinski definition) is 3. The maximum atomic E-state index is 13.2. The van der Waals surface area contributed by atoms with Gasteiger partial charge in [0.1, 0.15) is 6.61 Å². The molecule has 3 saturated carbocycles. The Hall–Kier alpha value is -1.10. The highest BCUT2D eigenvalue weighted by Crippen LogP contribution is 2.42. The van der Waals surface area contributed by atoms with Crippen LogP contribution in [-0.2, 0) is 14.3 Å². The van der Waals surface area contributed by atoms with E-state index in [0.29, 0.717) is 12.5 Å². The fourth-order valence-corrected chi connectivity index (χ4v) is 6.79. The van der Waals surface area contributed by atoms with Crippen molar-refractivity contribution in [3.63, 3.8) is 0 Å². The normalized spacial score (nSPS) is 38.5. The highest BCUT2D eigenvalue weighted by molar-refractivity contribution is 5.79. The molecule has 2 amide bonds. The standard InChI is InChI=1S/C23H38N2O3/c1-16-14-24(20-11-5-6-12-21(20)25(16)17(2)26)23(27)15-28-22-13-7-9-18-8-3-4-10-19(18)22/h16,18-22H,3-15H2,1-2H3/t16-,18?,19?,20?,21?,22?/m0/s1. The molecule has 6 atom stereocenters. The van der Waals surface area contributed by atoms with Crippen LogP contribution >= 0.6 is 0 Å². The second-order valence-electron chi connectivity index (χ2n) is 9.73. The van der Waals surface area contributed by atoms with Gasteiger partial charge in [0.15, 0.2) is 0 Å². The van der Waals surface area contributed by atoms with Gasteiger partial charge in [-0.15, -0.1) is 0 Å². The van der Waals surface area contributed by atoms with Crippen molar-refractivity contribution in [2.24, 2.45) is 11.8 Å². The first-order valence-corrected chi connectivity index (χ1v) is 11.8. The topological polar surface area (TPSA) is 49.9 Å². The molecule has 3 aliphatic carbocycles. The molecular formula is C23H38N2O3. The van der Waals surface area contributed by atoms with Crippen LogP contribution in [0.15, 0.2) is 0 Å². The first-order chi connectivity index (χ1) is 13.6. The average molecular weight is 391 g/mol. The van der Waals surface area contributed by atoms with E-state index in [-0.39, 0.29) is 42.7 Å². The fraction of sp³-hybridized carbons (Fsp3) is 0.913. The molecule has 4 rings (SSSR count). The van der Waals surface area contributed by atoms with Gasteiger partial charge >= 0.3 is 0 Å². The third-order valence-electron chi connectivity index (χ3n) is 8.00. The van der Waals surface area contributed by atoms with Crippen LogP contribution in [0.2, 0.25) is 0 Å². The summed E-state index contributed by atoms with van der Waals surface area (Å²) in [5.41, 5.74) is 0. The Bertz CT molecular complexity index is 578. The first kappa shape index (κ1) is 20.2. The zero-order valence-corrected chi connectivity index (χ0v) is 17.8. The number of ether oxygens (including phenoxy) is 1. The van der Waals surface area contributed by atoms with Crippen molar-refractivity contribution in [2.45, 2.75) is 109 Å². The zero-order chi connectivity index (χ0) is 19.7. The van der Waals surface area contributed by atoms with Crippen molar-refractivity contribution in [1.29, 1.82) is 0 Å². The molecule has 5 nitrogen and oxygen atoms in total. The first-order valence-electron chi connectivity index (χ1n) is 11.8. The van der Waals surface area contributed by atoms with E-state index in [1.807, 2.05) is 4.90 Å². The fourth-order valence-electron chi connectivity index (χ4n) is 6.79. The highest BCUT2D eigenvalue weighted by atomic mass is 16.5. The second kappa shape index (κ2) is 8.73. The predicted molar refractivity (Wildman–Crippen MR) is 109 cm³/mol. The number of carbonyl (C=O) groups excluding carboxylic acids is 2. The van der Waals surface area contributed by atoms with E-state index >= 15 is 0 Å². The largest absolute Gasteiger partial charge is 0.368 e. The van der Waals surface area contributed by atoms with E-state index in [0.717, 1.165) is 38.0 Å². The van der Waals surface area contributed by atoms with Gasteiger partial charge in [0, 0.05) is 19.5 Å². The van der Waals surface area contributed by atoms with Crippen LogP contribution in [0, 0.1) is 11.8 Å². The van der Waals surface area contributed by atoms with E-state index in [1.54, 1.807) is 6.92 Å². The predicted octanol–water partition coefficient (Wildman–Crippen LogP) is 3.75. The Morgan fingerprint density at radius 3 is 2.36 bits per heavy atom. The molecule has 1 saturated heterocycles. The molecule has 0 bridgehead atoms. The van der Waals surface area contributed by atoms with Crippen molar-refractivity contribution in [2.75, 3.05) is 13.2 Å². The summed E-state index contributed by atoms with van der Waals surface area (Å²) in [5.74, 6) is 1.79. The van der Waals surface area contributed by atoms with Crippen molar-refractivity contribution < 1.29 is 14.3 Å². The number of amides is 2. The third kappa shape index (κ3) is 3.96. The Balaban J connectivity index is 1.39. The molecule has 4 aliphatic rings. The summed E-state index contributed by atoms with van der Waals surface area (Å²) in [4.78, 5) is 29.5. The minimum absolute atomic E-state index is 0.0956. The van der Waals surface area contributed by atoms with Crippen LogP contribution in [0.25, 0.3) is 0 Å². The lowest BCUT2D eigenvalue weighted by atomic mass is 9.69. The van der Waals surface area contributed by atoms with Gasteiger partial charge in [0.25, 0.3) is 0 Å². The smallest absolute Gasteiger partial charge is 0.248 e. The maximum Gasteiger partial charge on any atom is 0.248 e. The molecule has 0 aromatic rings. The van der Waals surface area contributed by atoms with Crippen LogP contribution in [-0.4, -0.2) is 59.0 Å². The molecule has 0 N–H and O–H groups in total. The lowest BCUT2D eigenvalue weighted by Crippen LogP contribution is -2.66. The van der Waals surface area contributed by atoms with Gasteiger partial charge in [-0.2, -0.15) is 0 Å².